The molecule has 71 valence electrons. The van der Waals surface area contributed by atoms with E-state index in [0.29, 0.717) is 19.3 Å². The van der Waals surface area contributed by atoms with Gasteiger partial charge in [-0.25, -0.2) is 14.2 Å². The Bertz CT molecular complexity index is 240. The Balaban J connectivity index is 2.79. The SMILES string of the molecule is CCCS(=O)(=O)C1([NH])CCCC1. The molecule has 0 aromatic carbocycles. The van der Waals surface area contributed by atoms with Gasteiger partial charge < -0.3 is 0 Å². The van der Waals surface area contributed by atoms with E-state index in [9.17, 15) is 8.42 Å². The van der Waals surface area contributed by atoms with E-state index >= 15 is 0 Å². The van der Waals surface area contributed by atoms with Gasteiger partial charge in [-0.1, -0.05) is 19.8 Å². The first kappa shape index (κ1) is 9.99. The molecule has 0 heterocycles. The molecule has 1 N–H and O–H groups in total. The maximum Gasteiger partial charge on any atom is 0.170 e. The molecule has 1 aliphatic rings. The quantitative estimate of drug-likeness (QED) is 0.674. The van der Waals surface area contributed by atoms with Gasteiger partial charge in [0.15, 0.2) is 9.84 Å². The zero-order valence-corrected chi connectivity index (χ0v) is 8.28. The molecule has 0 atom stereocenters. The van der Waals surface area contributed by atoms with E-state index in [1.807, 2.05) is 6.92 Å². The Kier molecular flexibility index (Phi) is 2.78. The minimum absolute atomic E-state index is 0.177. The molecule has 0 aromatic heterocycles. The fourth-order valence-corrected chi connectivity index (χ4v) is 3.56. The van der Waals surface area contributed by atoms with E-state index in [-0.39, 0.29) is 5.75 Å². The average molecular weight is 190 g/mol. The van der Waals surface area contributed by atoms with Crippen LogP contribution in [0.2, 0.25) is 0 Å². The van der Waals surface area contributed by atoms with Crippen LogP contribution in [0.4, 0.5) is 0 Å². The minimum Gasteiger partial charge on any atom is -0.235 e. The third kappa shape index (κ3) is 1.64. The summed E-state index contributed by atoms with van der Waals surface area (Å²) in [6, 6.07) is 0. The van der Waals surface area contributed by atoms with E-state index in [4.69, 9.17) is 5.73 Å². The van der Waals surface area contributed by atoms with Gasteiger partial charge in [0.25, 0.3) is 0 Å². The highest BCUT2D eigenvalue weighted by Gasteiger charge is 2.42. The normalized spacial score (nSPS) is 22.8. The van der Waals surface area contributed by atoms with Gasteiger partial charge in [-0.2, -0.15) is 0 Å². The first-order valence-corrected chi connectivity index (χ1v) is 6.14. The second kappa shape index (κ2) is 3.34. The topological polar surface area (TPSA) is 57.9 Å². The van der Waals surface area contributed by atoms with Crippen LogP contribution < -0.4 is 5.73 Å². The zero-order valence-electron chi connectivity index (χ0n) is 7.47. The number of hydrogen-bond acceptors (Lipinski definition) is 2. The van der Waals surface area contributed by atoms with Gasteiger partial charge in [-0.3, -0.25) is 0 Å². The summed E-state index contributed by atoms with van der Waals surface area (Å²) in [6.07, 6.45) is 3.49. The molecule has 0 bridgehead atoms. The standard InChI is InChI=1S/C8H16NO2S/c1-2-7-12(10,11)8(9)5-3-4-6-8/h9H,2-7H2,1H3. The van der Waals surface area contributed by atoms with Gasteiger partial charge in [0.2, 0.25) is 0 Å². The van der Waals surface area contributed by atoms with Crippen LogP contribution in [0, 0.1) is 0 Å². The van der Waals surface area contributed by atoms with E-state index in [1.165, 1.54) is 0 Å². The van der Waals surface area contributed by atoms with E-state index in [1.54, 1.807) is 0 Å². The molecule has 4 heteroatoms. The van der Waals surface area contributed by atoms with E-state index < -0.39 is 14.7 Å². The van der Waals surface area contributed by atoms with Gasteiger partial charge in [0.05, 0.1) is 5.75 Å². The van der Waals surface area contributed by atoms with Crippen LogP contribution >= 0.6 is 0 Å². The van der Waals surface area contributed by atoms with Crippen LogP contribution in [0.15, 0.2) is 0 Å². The van der Waals surface area contributed by atoms with Crippen molar-refractivity contribution in [2.75, 3.05) is 5.75 Å². The van der Waals surface area contributed by atoms with Crippen molar-refractivity contribution < 1.29 is 8.42 Å². The molecular formula is C8H16NO2S. The molecule has 12 heavy (non-hydrogen) atoms. The Labute approximate surface area is 74.3 Å². The zero-order chi connectivity index (χ0) is 9.24. The predicted molar refractivity (Wildman–Crippen MR) is 48.4 cm³/mol. The molecule has 1 aliphatic carbocycles. The molecule has 1 radical (unpaired) electrons. The smallest absolute Gasteiger partial charge is 0.170 e. The lowest BCUT2D eigenvalue weighted by atomic mass is 10.3. The average Bonchev–Trinajstić information content (AvgIpc) is 2.37. The van der Waals surface area contributed by atoms with Crippen molar-refractivity contribution in [1.29, 1.82) is 0 Å². The summed E-state index contributed by atoms with van der Waals surface area (Å²) in [5.74, 6) is 0.177. The predicted octanol–water partition coefficient (Wildman–Crippen LogP) is 1.36. The lowest BCUT2D eigenvalue weighted by Crippen LogP contribution is -2.38. The van der Waals surface area contributed by atoms with Crippen LogP contribution in [0.3, 0.4) is 0 Å². The van der Waals surface area contributed by atoms with Crippen molar-refractivity contribution in [3.05, 3.63) is 0 Å². The van der Waals surface area contributed by atoms with Crippen molar-refractivity contribution in [1.82, 2.24) is 5.73 Å². The number of nitrogens with one attached hydrogen (secondary N) is 1. The number of rotatable bonds is 3. The van der Waals surface area contributed by atoms with Crippen LogP contribution in [0.5, 0.6) is 0 Å². The van der Waals surface area contributed by atoms with Crippen LogP contribution in [-0.4, -0.2) is 19.0 Å². The minimum atomic E-state index is -3.14. The molecule has 1 rings (SSSR count). The van der Waals surface area contributed by atoms with Crippen molar-refractivity contribution in [3.63, 3.8) is 0 Å². The van der Waals surface area contributed by atoms with Crippen molar-refractivity contribution >= 4 is 9.84 Å². The van der Waals surface area contributed by atoms with Crippen molar-refractivity contribution in [2.45, 2.75) is 43.9 Å². The molecular weight excluding hydrogens is 174 g/mol. The van der Waals surface area contributed by atoms with Gasteiger partial charge >= 0.3 is 0 Å². The Morgan fingerprint density at radius 3 is 2.25 bits per heavy atom. The molecule has 3 nitrogen and oxygen atoms in total. The van der Waals surface area contributed by atoms with Gasteiger partial charge in [-0.05, 0) is 19.3 Å². The van der Waals surface area contributed by atoms with Gasteiger partial charge in [0.1, 0.15) is 4.87 Å². The summed E-state index contributed by atoms with van der Waals surface area (Å²) in [5, 5.41) is 0. The lowest BCUT2D eigenvalue weighted by Gasteiger charge is -2.21. The highest BCUT2D eigenvalue weighted by Crippen LogP contribution is 2.34. The summed E-state index contributed by atoms with van der Waals surface area (Å²) in [6.45, 7) is 1.84. The molecule has 0 unspecified atom stereocenters. The number of sulfone groups is 1. The van der Waals surface area contributed by atoms with Crippen LogP contribution in [-0.2, 0) is 9.84 Å². The lowest BCUT2D eigenvalue weighted by molar-refractivity contribution is 0.510. The fraction of sp³-hybridized carbons (Fsp3) is 1.00. The molecule has 0 aliphatic heterocycles. The van der Waals surface area contributed by atoms with Crippen LogP contribution in [0.1, 0.15) is 39.0 Å². The third-order valence-corrected chi connectivity index (χ3v) is 5.02. The second-order valence-corrected chi connectivity index (χ2v) is 5.94. The molecule has 0 amide bonds. The monoisotopic (exact) mass is 190 g/mol. The summed E-state index contributed by atoms with van der Waals surface area (Å²) in [4.78, 5) is -1.14. The first-order valence-electron chi connectivity index (χ1n) is 4.49. The maximum absolute atomic E-state index is 11.6. The summed E-state index contributed by atoms with van der Waals surface area (Å²) >= 11 is 0. The van der Waals surface area contributed by atoms with Gasteiger partial charge in [0, 0.05) is 0 Å². The largest absolute Gasteiger partial charge is 0.235 e. The molecule has 1 saturated carbocycles. The van der Waals surface area contributed by atoms with E-state index in [0.717, 1.165) is 12.8 Å². The van der Waals surface area contributed by atoms with E-state index in [2.05, 4.69) is 0 Å². The molecule has 0 spiro atoms. The van der Waals surface area contributed by atoms with Crippen LogP contribution in [0.25, 0.3) is 0 Å². The molecule has 1 fully saturated rings. The Morgan fingerprint density at radius 2 is 1.83 bits per heavy atom. The highest BCUT2D eigenvalue weighted by molar-refractivity contribution is 7.92. The summed E-state index contributed by atoms with van der Waals surface area (Å²) in [5.41, 5.74) is 7.80. The van der Waals surface area contributed by atoms with Crippen molar-refractivity contribution in [3.8, 4) is 0 Å². The maximum atomic E-state index is 11.6. The Morgan fingerprint density at radius 1 is 1.33 bits per heavy atom. The fourth-order valence-electron chi connectivity index (χ4n) is 1.72. The number of hydrogen-bond donors (Lipinski definition) is 0. The van der Waals surface area contributed by atoms with Crippen molar-refractivity contribution in [2.24, 2.45) is 0 Å². The molecule has 0 aromatic rings. The van der Waals surface area contributed by atoms with Gasteiger partial charge in [-0.15, -0.1) is 0 Å². The highest BCUT2D eigenvalue weighted by atomic mass is 32.2. The summed E-state index contributed by atoms with van der Waals surface area (Å²) < 4.78 is 23.1. The third-order valence-electron chi connectivity index (χ3n) is 2.48. The first-order chi connectivity index (χ1) is 5.52. The summed E-state index contributed by atoms with van der Waals surface area (Å²) in [7, 11) is -3.14. The second-order valence-electron chi connectivity index (χ2n) is 3.52. The molecule has 0 saturated heterocycles. The Hall–Kier alpha value is -0.0900.